The molecule has 0 saturated carbocycles. The third kappa shape index (κ3) is 3.23. The summed E-state index contributed by atoms with van der Waals surface area (Å²) in [6, 6.07) is 3.86. The quantitative estimate of drug-likeness (QED) is 0.870. The zero-order valence-electron chi connectivity index (χ0n) is 9.19. The Bertz CT molecular complexity index is 336. The van der Waals surface area contributed by atoms with Crippen molar-refractivity contribution >= 4 is 17.7 Å². The Hall–Kier alpha value is -1.03. The number of nitrogens with one attached hydrogen (secondary N) is 1. The molecule has 0 radical (unpaired) electrons. The van der Waals surface area contributed by atoms with Crippen molar-refractivity contribution in [2.45, 2.75) is 19.4 Å². The number of carbonyl (C=O) groups is 1. The van der Waals surface area contributed by atoms with Gasteiger partial charge in [0.25, 0.3) is 0 Å². The standard InChI is InChI=1S/C12H16N2OS/c15-12(11-3-7-16-8-4-11)14-9-10-1-5-13-6-2-10/h1-2,5-6,11H,3-4,7-9H2,(H,14,15). The molecule has 1 aliphatic heterocycles. The summed E-state index contributed by atoms with van der Waals surface area (Å²) in [5, 5.41) is 2.99. The monoisotopic (exact) mass is 236 g/mol. The smallest absolute Gasteiger partial charge is 0.223 e. The lowest BCUT2D eigenvalue weighted by Gasteiger charge is -2.20. The molecule has 0 aliphatic carbocycles. The summed E-state index contributed by atoms with van der Waals surface area (Å²) >= 11 is 1.94. The summed E-state index contributed by atoms with van der Waals surface area (Å²) in [4.78, 5) is 15.8. The van der Waals surface area contributed by atoms with Gasteiger partial charge in [-0.3, -0.25) is 9.78 Å². The van der Waals surface area contributed by atoms with Crippen LogP contribution in [-0.4, -0.2) is 22.4 Å². The number of nitrogens with zero attached hydrogens (tertiary/aromatic N) is 1. The molecule has 1 fully saturated rings. The van der Waals surface area contributed by atoms with Crippen LogP contribution in [-0.2, 0) is 11.3 Å². The van der Waals surface area contributed by atoms with E-state index >= 15 is 0 Å². The zero-order chi connectivity index (χ0) is 11.2. The van der Waals surface area contributed by atoms with E-state index < -0.39 is 0 Å². The van der Waals surface area contributed by atoms with Crippen LogP contribution < -0.4 is 5.32 Å². The highest BCUT2D eigenvalue weighted by atomic mass is 32.2. The molecular weight excluding hydrogens is 220 g/mol. The summed E-state index contributed by atoms with van der Waals surface area (Å²) in [5.74, 6) is 2.67. The molecule has 3 nitrogen and oxygen atoms in total. The number of thioether (sulfide) groups is 1. The Morgan fingerprint density at radius 1 is 1.38 bits per heavy atom. The fraction of sp³-hybridized carbons (Fsp3) is 0.500. The minimum absolute atomic E-state index is 0.206. The second-order valence-electron chi connectivity index (χ2n) is 3.96. The largest absolute Gasteiger partial charge is 0.352 e. The molecular formula is C12H16N2OS. The fourth-order valence-electron chi connectivity index (χ4n) is 1.79. The number of hydrogen-bond acceptors (Lipinski definition) is 3. The molecule has 16 heavy (non-hydrogen) atoms. The van der Waals surface area contributed by atoms with Crippen LogP contribution in [0, 0.1) is 5.92 Å². The highest BCUT2D eigenvalue weighted by Gasteiger charge is 2.20. The molecule has 1 aliphatic rings. The van der Waals surface area contributed by atoms with Crippen molar-refractivity contribution < 1.29 is 4.79 Å². The zero-order valence-corrected chi connectivity index (χ0v) is 10.0. The van der Waals surface area contributed by atoms with Crippen LogP contribution in [0.15, 0.2) is 24.5 Å². The Kier molecular flexibility index (Phi) is 4.22. The van der Waals surface area contributed by atoms with Crippen molar-refractivity contribution in [3.05, 3.63) is 30.1 Å². The van der Waals surface area contributed by atoms with Crippen LogP contribution in [0.4, 0.5) is 0 Å². The molecule has 86 valence electrons. The van der Waals surface area contributed by atoms with Crippen LogP contribution in [0.5, 0.6) is 0 Å². The molecule has 4 heteroatoms. The van der Waals surface area contributed by atoms with E-state index in [0.717, 1.165) is 29.9 Å². The second-order valence-corrected chi connectivity index (χ2v) is 5.18. The average Bonchev–Trinajstić information content (AvgIpc) is 2.38. The Morgan fingerprint density at radius 3 is 2.75 bits per heavy atom. The van der Waals surface area contributed by atoms with Gasteiger partial charge in [-0.1, -0.05) is 0 Å². The van der Waals surface area contributed by atoms with Gasteiger partial charge in [-0.15, -0.1) is 0 Å². The third-order valence-corrected chi connectivity index (χ3v) is 3.86. The van der Waals surface area contributed by atoms with E-state index in [1.165, 1.54) is 0 Å². The van der Waals surface area contributed by atoms with Gasteiger partial charge in [0.2, 0.25) is 5.91 Å². The van der Waals surface area contributed by atoms with Crippen molar-refractivity contribution in [2.24, 2.45) is 5.92 Å². The van der Waals surface area contributed by atoms with E-state index in [0.29, 0.717) is 6.54 Å². The molecule has 1 aromatic heterocycles. The summed E-state index contributed by atoms with van der Waals surface area (Å²) in [7, 11) is 0. The molecule has 1 aromatic rings. The van der Waals surface area contributed by atoms with Gasteiger partial charge in [0.05, 0.1) is 0 Å². The van der Waals surface area contributed by atoms with Crippen molar-refractivity contribution in [1.29, 1.82) is 0 Å². The first kappa shape index (κ1) is 11.5. The van der Waals surface area contributed by atoms with E-state index in [4.69, 9.17) is 0 Å². The van der Waals surface area contributed by atoms with Gasteiger partial charge in [-0.25, -0.2) is 0 Å². The number of pyridine rings is 1. The van der Waals surface area contributed by atoms with Crippen molar-refractivity contribution in [3.63, 3.8) is 0 Å². The summed E-state index contributed by atoms with van der Waals surface area (Å²) < 4.78 is 0. The summed E-state index contributed by atoms with van der Waals surface area (Å²) in [5.41, 5.74) is 1.11. The minimum atomic E-state index is 0.206. The van der Waals surface area contributed by atoms with Gasteiger partial charge in [-0.05, 0) is 42.0 Å². The topological polar surface area (TPSA) is 42.0 Å². The predicted molar refractivity (Wildman–Crippen MR) is 66.1 cm³/mol. The number of rotatable bonds is 3. The van der Waals surface area contributed by atoms with Gasteiger partial charge >= 0.3 is 0 Å². The Labute approximate surface area is 100 Å². The summed E-state index contributed by atoms with van der Waals surface area (Å²) in [6.07, 6.45) is 5.54. The van der Waals surface area contributed by atoms with E-state index in [1.807, 2.05) is 23.9 Å². The maximum Gasteiger partial charge on any atom is 0.223 e. The van der Waals surface area contributed by atoms with E-state index in [2.05, 4.69) is 10.3 Å². The molecule has 0 unspecified atom stereocenters. The SMILES string of the molecule is O=C(NCc1ccncc1)C1CCSCC1. The average molecular weight is 236 g/mol. The number of aromatic nitrogens is 1. The highest BCUT2D eigenvalue weighted by Crippen LogP contribution is 2.22. The lowest BCUT2D eigenvalue weighted by Crippen LogP contribution is -2.32. The molecule has 2 rings (SSSR count). The number of amides is 1. The molecule has 0 bridgehead atoms. The second kappa shape index (κ2) is 5.89. The van der Waals surface area contributed by atoms with Crippen molar-refractivity contribution in [2.75, 3.05) is 11.5 Å². The molecule has 1 amide bonds. The lowest BCUT2D eigenvalue weighted by molar-refractivity contribution is -0.125. The molecule has 1 N–H and O–H groups in total. The minimum Gasteiger partial charge on any atom is -0.352 e. The maximum absolute atomic E-state index is 11.8. The first-order valence-corrected chi connectivity index (χ1v) is 6.76. The highest BCUT2D eigenvalue weighted by molar-refractivity contribution is 7.99. The van der Waals surface area contributed by atoms with Gasteiger partial charge in [0.1, 0.15) is 0 Å². The fourth-order valence-corrected chi connectivity index (χ4v) is 2.90. The molecule has 0 atom stereocenters. The van der Waals surface area contributed by atoms with Gasteiger partial charge < -0.3 is 5.32 Å². The van der Waals surface area contributed by atoms with E-state index in [-0.39, 0.29) is 11.8 Å². The van der Waals surface area contributed by atoms with Crippen LogP contribution in [0.3, 0.4) is 0 Å². The summed E-state index contributed by atoms with van der Waals surface area (Å²) in [6.45, 7) is 0.616. The number of hydrogen-bond donors (Lipinski definition) is 1. The number of carbonyl (C=O) groups excluding carboxylic acids is 1. The molecule has 0 aromatic carbocycles. The van der Waals surface area contributed by atoms with Crippen LogP contribution in [0.25, 0.3) is 0 Å². The third-order valence-electron chi connectivity index (χ3n) is 2.81. The molecule has 0 spiro atoms. The maximum atomic E-state index is 11.8. The van der Waals surface area contributed by atoms with E-state index in [9.17, 15) is 4.79 Å². The van der Waals surface area contributed by atoms with Crippen LogP contribution >= 0.6 is 11.8 Å². The van der Waals surface area contributed by atoms with E-state index in [1.54, 1.807) is 12.4 Å². The van der Waals surface area contributed by atoms with Gasteiger partial charge in [0.15, 0.2) is 0 Å². The Morgan fingerprint density at radius 2 is 2.06 bits per heavy atom. The van der Waals surface area contributed by atoms with Crippen LogP contribution in [0.2, 0.25) is 0 Å². The first-order valence-electron chi connectivity index (χ1n) is 5.60. The van der Waals surface area contributed by atoms with Crippen molar-refractivity contribution in [3.8, 4) is 0 Å². The van der Waals surface area contributed by atoms with Crippen molar-refractivity contribution in [1.82, 2.24) is 10.3 Å². The van der Waals surface area contributed by atoms with Crippen LogP contribution in [0.1, 0.15) is 18.4 Å². The first-order chi connectivity index (χ1) is 7.86. The normalized spacial score (nSPS) is 17.0. The molecule has 2 heterocycles. The lowest BCUT2D eigenvalue weighted by atomic mass is 10.0. The van der Waals surface area contributed by atoms with Gasteiger partial charge in [-0.2, -0.15) is 11.8 Å². The molecule has 1 saturated heterocycles. The predicted octanol–water partition coefficient (Wildman–Crippen LogP) is 1.84. The van der Waals surface area contributed by atoms with Gasteiger partial charge in [0, 0.05) is 24.9 Å². The Balaban J connectivity index is 1.79.